The number of nitrogens with zero attached hydrogens (tertiary/aromatic N) is 2. The van der Waals surface area contributed by atoms with E-state index in [0.29, 0.717) is 22.9 Å². The molecule has 0 unspecified atom stereocenters. The van der Waals surface area contributed by atoms with Gasteiger partial charge < -0.3 is 10.1 Å². The first-order chi connectivity index (χ1) is 13.5. The molecular weight excluding hydrogens is 388 g/mol. The Balaban J connectivity index is 1.69. The summed E-state index contributed by atoms with van der Waals surface area (Å²) in [5.74, 6) is 0.0322. The van der Waals surface area contributed by atoms with Crippen LogP contribution in [0.15, 0.2) is 66.9 Å². The molecule has 0 aliphatic rings. The zero-order chi connectivity index (χ0) is 19.9. The lowest BCUT2D eigenvalue weighted by molar-refractivity contribution is -0.111. The molecule has 0 fully saturated rings. The summed E-state index contributed by atoms with van der Waals surface area (Å²) < 4.78 is 31.0. The molecule has 5 nitrogen and oxygen atoms in total. The first-order valence-corrected chi connectivity index (χ1v) is 8.69. The van der Waals surface area contributed by atoms with Crippen LogP contribution in [0.2, 0.25) is 5.02 Å². The van der Waals surface area contributed by atoms with Crippen LogP contribution in [0, 0.1) is 0 Å². The van der Waals surface area contributed by atoms with Crippen LogP contribution < -0.4 is 10.1 Å². The molecule has 0 radical (unpaired) electrons. The quantitative estimate of drug-likeness (QED) is 0.574. The third kappa shape index (κ3) is 5.17. The maximum atomic E-state index is 12.5. The Morgan fingerprint density at radius 3 is 2.71 bits per heavy atom. The van der Waals surface area contributed by atoms with Crippen molar-refractivity contribution in [3.63, 3.8) is 0 Å². The molecule has 1 heterocycles. The SMILES string of the molecule is O=C(/C=C/c1ccccc1OC(F)F)Nc1ccnn1Cc1ccccc1Cl. The highest BCUT2D eigenvalue weighted by molar-refractivity contribution is 6.31. The number of carbonyl (C=O) groups excluding carboxylic acids is 1. The number of halogens is 3. The van der Waals surface area contributed by atoms with Crippen molar-refractivity contribution in [1.82, 2.24) is 9.78 Å². The predicted octanol–water partition coefficient (Wildman–Crippen LogP) is 4.84. The number of benzene rings is 2. The fourth-order valence-corrected chi connectivity index (χ4v) is 2.70. The Kier molecular flexibility index (Phi) is 6.39. The minimum absolute atomic E-state index is 0.00897. The monoisotopic (exact) mass is 403 g/mol. The van der Waals surface area contributed by atoms with E-state index in [1.165, 1.54) is 18.2 Å². The van der Waals surface area contributed by atoms with Crippen LogP contribution in [0.4, 0.5) is 14.6 Å². The smallest absolute Gasteiger partial charge is 0.387 e. The molecule has 0 saturated carbocycles. The average molecular weight is 404 g/mol. The Bertz CT molecular complexity index is 989. The van der Waals surface area contributed by atoms with E-state index < -0.39 is 12.5 Å². The van der Waals surface area contributed by atoms with Crippen LogP contribution in [-0.2, 0) is 11.3 Å². The fraction of sp³-hybridized carbons (Fsp3) is 0.100. The second-order valence-corrected chi connectivity index (χ2v) is 6.11. The Morgan fingerprint density at radius 2 is 1.93 bits per heavy atom. The van der Waals surface area contributed by atoms with Gasteiger partial charge in [0.1, 0.15) is 11.6 Å². The lowest BCUT2D eigenvalue weighted by atomic mass is 10.2. The van der Waals surface area contributed by atoms with Crippen molar-refractivity contribution in [2.24, 2.45) is 0 Å². The second kappa shape index (κ2) is 9.14. The van der Waals surface area contributed by atoms with Gasteiger partial charge in [-0.2, -0.15) is 13.9 Å². The van der Waals surface area contributed by atoms with Gasteiger partial charge in [-0.05, 0) is 23.8 Å². The van der Waals surface area contributed by atoms with Gasteiger partial charge in [-0.1, -0.05) is 48.0 Å². The molecular formula is C20H16ClF2N3O2. The first kappa shape index (κ1) is 19.6. The van der Waals surface area contributed by atoms with E-state index in [2.05, 4.69) is 15.2 Å². The van der Waals surface area contributed by atoms with Crippen molar-refractivity contribution in [2.45, 2.75) is 13.2 Å². The zero-order valence-corrected chi connectivity index (χ0v) is 15.3. The minimum atomic E-state index is -2.94. The van der Waals surface area contributed by atoms with E-state index in [9.17, 15) is 13.6 Å². The Hall–Kier alpha value is -3.19. The number of rotatable bonds is 7. The summed E-state index contributed by atoms with van der Waals surface area (Å²) in [4.78, 5) is 12.2. The summed E-state index contributed by atoms with van der Waals surface area (Å²) in [6.07, 6.45) is 4.20. The molecule has 0 saturated heterocycles. The maximum Gasteiger partial charge on any atom is 0.387 e. The van der Waals surface area contributed by atoms with Gasteiger partial charge >= 0.3 is 6.61 Å². The van der Waals surface area contributed by atoms with Crippen molar-refractivity contribution in [3.8, 4) is 5.75 Å². The molecule has 2 aromatic carbocycles. The molecule has 1 aromatic heterocycles. The van der Waals surface area contributed by atoms with Gasteiger partial charge in [-0.3, -0.25) is 4.79 Å². The number of anilines is 1. The number of alkyl halides is 2. The summed E-state index contributed by atoms with van der Waals surface area (Å²) in [5, 5.41) is 7.49. The summed E-state index contributed by atoms with van der Waals surface area (Å²) in [7, 11) is 0. The summed E-state index contributed by atoms with van der Waals surface area (Å²) in [5.41, 5.74) is 1.22. The molecule has 144 valence electrons. The summed E-state index contributed by atoms with van der Waals surface area (Å²) in [6.45, 7) is -2.56. The van der Waals surface area contributed by atoms with Gasteiger partial charge in [0.15, 0.2) is 0 Å². The van der Waals surface area contributed by atoms with Crippen LogP contribution in [-0.4, -0.2) is 22.3 Å². The molecule has 3 aromatic rings. The van der Waals surface area contributed by atoms with E-state index in [0.717, 1.165) is 5.56 Å². The van der Waals surface area contributed by atoms with Crippen molar-refractivity contribution >= 4 is 29.4 Å². The van der Waals surface area contributed by atoms with Crippen molar-refractivity contribution in [1.29, 1.82) is 0 Å². The second-order valence-electron chi connectivity index (χ2n) is 5.70. The number of ether oxygens (including phenoxy) is 1. The lowest BCUT2D eigenvalue weighted by Gasteiger charge is -2.09. The third-order valence-corrected chi connectivity index (χ3v) is 4.16. The van der Waals surface area contributed by atoms with E-state index in [1.807, 2.05) is 18.2 Å². The van der Waals surface area contributed by atoms with E-state index in [-0.39, 0.29) is 5.75 Å². The number of amides is 1. The van der Waals surface area contributed by atoms with Crippen LogP contribution >= 0.6 is 11.6 Å². The molecule has 0 atom stereocenters. The molecule has 8 heteroatoms. The molecule has 0 aliphatic carbocycles. The highest BCUT2D eigenvalue weighted by Gasteiger charge is 2.09. The first-order valence-electron chi connectivity index (χ1n) is 8.31. The van der Waals surface area contributed by atoms with E-state index in [4.69, 9.17) is 11.6 Å². The number of hydrogen-bond donors (Lipinski definition) is 1. The number of para-hydroxylation sites is 1. The van der Waals surface area contributed by atoms with Crippen LogP contribution in [0.25, 0.3) is 6.08 Å². The van der Waals surface area contributed by atoms with Gasteiger partial charge in [0.25, 0.3) is 0 Å². The average Bonchev–Trinajstić information content (AvgIpc) is 3.09. The van der Waals surface area contributed by atoms with E-state index >= 15 is 0 Å². The highest BCUT2D eigenvalue weighted by Crippen LogP contribution is 2.22. The van der Waals surface area contributed by atoms with Gasteiger partial charge in [-0.15, -0.1) is 0 Å². The van der Waals surface area contributed by atoms with Gasteiger partial charge in [0, 0.05) is 22.7 Å². The van der Waals surface area contributed by atoms with Crippen molar-refractivity contribution in [2.75, 3.05) is 5.32 Å². The van der Waals surface area contributed by atoms with E-state index in [1.54, 1.807) is 41.2 Å². The van der Waals surface area contributed by atoms with Crippen LogP contribution in [0.1, 0.15) is 11.1 Å². The molecule has 0 bridgehead atoms. The molecule has 1 amide bonds. The number of carbonyl (C=O) groups is 1. The molecule has 0 aliphatic heterocycles. The fourth-order valence-electron chi connectivity index (χ4n) is 2.51. The van der Waals surface area contributed by atoms with Crippen molar-refractivity contribution in [3.05, 3.63) is 83.0 Å². The largest absolute Gasteiger partial charge is 0.434 e. The highest BCUT2D eigenvalue weighted by atomic mass is 35.5. The lowest BCUT2D eigenvalue weighted by Crippen LogP contribution is -2.14. The molecule has 3 rings (SSSR count). The molecule has 1 N–H and O–H groups in total. The predicted molar refractivity (Wildman–Crippen MR) is 104 cm³/mol. The summed E-state index contributed by atoms with van der Waals surface area (Å²) >= 11 is 6.16. The van der Waals surface area contributed by atoms with Crippen LogP contribution in [0.3, 0.4) is 0 Å². The van der Waals surface area contributed by atoms with Gasteiger partial charge in [0.2, 0.25) is 5.91 Å². The normalized spacial score (nSPS) is 11.1. The third-order valence-electron chi connectivity index (χ3n) is 3.80. The number of aromatic nitrogens is 2. The number of hydrogen-bond acceptors (Lipinski definition) is 3. The topological polar surface area (TPSA) is 56.1 Å². The minimum Gasteiger partial charge on any atom is -0.434 e. The van der Waals surface area contributed by atoms with Gasteiger partial charge in [-0.25, -0.2) is 4.68 Å². The Labute approximate surface area is 165 Å². The molecule has 0 spiro atoms. The summed E-state index contributed by atoms with van der Waals surface area (Å²) in [6, 6.07) is 15.2. The van der Waals surface area contributed by atoms with Gasteiger partial charge in [0.05, 0.1) is 12.7 Å². The van der Waals surface area contributed by atoms with Crippen molar-refractivity contribution < 1.29 is 18.3 Å². The maximum absolute atomic E-state index is 12.5. The van der Waals surface area contributed by atoms with Crippen LogP contribution in [0.5, 0.6) is 5.75 Å². The number of nitrogens with one attached hydrogen (secondary N) is 1. The molecule has 28 heavy (non-hydrogen) atoms. The Morgan fingerprint density at radius 1 is 1.18 bits per heavy atom. The zero-order valence-electron chi connectivity index (χ0n) is 14.6. The standard InChI is InChI=1S/C20H16ClF2N3O2/c21-16-7-3-1-6-15(16)13-26-18(11-12-24-26)25-19(27)10-9-14-5-2-4-8-17(14)28-20(22)23/h1-12,20H,13H2,(H,25,27)/b10-9+.